The molecule has 0 unspecified atom stereocenters. The first-order valence-electron chi connectivity index (χ1n) is 11.0. The quantitative estimate of drug-likeness (QED) is 0.370. The second-order valence-corrected chi connectivity index (χ2v) is 8.35. The zero-order chi connectivity index (χ0) is 22.8. The second kappa shape index (κ2) is 9.05. The largest absolute Gasteiger partial charge is 0.379 e. The van der Waals surface area contributed by atoms with E-state index in [0.717, 1.165) is 55.1 Å². The Hall–Kier alpha value is -3.69. The molecule has 0 aliphatic carbocycles. The number of H-pyrrole nitrogens is 2. The van der Waals surface area contributed by atoms with Crippen molar-refractivity contribution >= 4 is 28.4 Å². The molecule has 2 aromatic carbocycles. The molecule has 2 aromatic heterocycles. The van der Waals surface area contributed by atoms with E-state index in [2.05, 4.69) is 42.8 Å². The lowest BCUT2D eigenvalue weighted by atomic mass is 10.1. The maximum Gasteiger partial charge on any atom is 0.323 e. The molecule has 1 aliphatic rings. The zero-order valence-corrected chi connectivity index (χ0v) is 18.7. The average Bonchev–Trinajstić information content (AvgIpc) is 3.43. The second-order valence-electron chi connectivity index (χ2n) is 8.35. The van der Waals surface area contributed by atoms with Gasteiger partial charge in [-0.1, -0.05) is 12.1 Å². The number of anilines is 2. The molecule has 4 N–H and O–H groups in total. The number of rotatable bonds is 5. The van der Waals surface area contributed by atoms with Gasteiger partial charge in [0.15, 0.2) is 11.5 Å². The van der Waals surface area contributed by atoms with Crippen LogP contribution in [0.25, 0.3) is 22.6 Å². The Morgan fingerprint density at radius 2 is 1.94 bits per heavy atom. The fraction of sp³-hybridized carbons (Fsp3) is 0.292. The Labute approximate surface area is 191 Å². The molecule has 2 amide bonds. The van der Waals surface area contributed by atoms with Crippen LogP contribution in [0.2, 0.25) is 0 Å². The lowest BCUT2D eigenvalue weighted by Crippen LogP contribution is -2.35. The number of nitrogens with one attached hydrogen (secondary N) is 4. The van der Waals surface area contributed by atoms with Crippen LogP contribution in [-0.4, -0.2) is 57.4 Å². The highest BCUT2D eigenvalue weighted by atomic mass is 16.5. The van der Waals surface area contributed by atoms with Crippen molar-refractivity contribution in [2.24, 2.45) is 0 Å². The molecule has 1 fully saturated rings. The van der Waals surface area contributed by atoms with Crippen molar-refractivity contribution in [1.29, 1.82) is 0 Å². The third-order valence-electron chi connectivity index (χ3n) is 5.93. The number of morpholine rings is 1. The molecule has 1 saturated heterocycles. The van der Waals surface area contributed by atoms with Crippen LogP contribution in [0.5, 0.6) is 0 Å². The Morgan fingerprint density at radius 3 is 2.76 bits per heavy atom. The van der Waals surface area contributed by atoms with Gasteiger partial charge in [0, 0.05) is 31.5 Å². The van der Waals surface area contributed by atoms with Gasteiger partial charge in [0.25, 0.3) is 0 Å². The van der Waals surface area contributed by atoms with Gasteiger partial charge in [0.05, 0.1) is 29.9 Å². The minimum atomic E-state index is -0.343. The van der Waals surface area contributed by atoms with E-state index >= 15 is 0 Å². The molecule has 5 rings (SSSR count). The van der Waals surface area contributed by atoms with E-state index in [-0.39, 0.29) is 6.03 Å². The Morgan fingerprint density at radius 1 is 1.09 bits per heavy atom. The summed E-state index contributed by atoms with van der Waals surface area (Å²) in [6.45, 7) is 8.36. The maximum absolute atomic E-state index is 12.6. The number of aryl methyl sites for hydroxylation is 2. The van der Waals surface area contributed by atoms with Crippen LogP contribution in [0.3, 0.4) is 0 Å². The normalized spacial score (nSPS) is 14.5. The molecule has 0 radical (unpaired) electrons. The summed E-state index contributed by atoms with van der Waals surface area (Å²) in [7, 11) is 0. The van der Waals surface area contributed by atoms with Gasteiger partial charge < -0.3 is 20.4 Å². The predicted octanol–water partition coefficient (Wildman–Crippen LogP) is 4.05. The van der Waals surface area contributed by atoms with E-state index in [1.807, 2.05) is 38.1 Å². The molecule has 9 nitrogen and oxygen atoms in total. The van der Waals surface area contributed by atoms with Gasteiger partial charge in [-0.15, -0.1) is 0 Å². The summed E-state index contributed by atoms with van der Waals surface area (Å²) in [6.07, 6.45) is 1.65. The molecule has 9 heteroatoms. The van der Waals surface area contributed by atoms with E-state index in [1.54, 1.807) is 6.20 Å². The fourth-order valence-corrected chi connectivity index (χ4v) is 3.95. The van der Waals surface area contributed by atoms with Crippen LogP contribution < -0.4 is 10.6 Å². The number of hydrogen-bond donors (Lipinski definition) is 4. The smallest absolute Gasteiger partial charge is 0.323 e. The van der Waals surface area contributed by atoms with Crippen molar-refractivity contribution in [3.05, 3.63) is 59.3 Å². The number of nitrogens with zero attached hydrogens (tertiary/aromatic N) is 3. The maximum atomic E-state index is 12.6. The molecular formula is C24H27N7O2. The lowest BCUT2D eigenvalue weighted by molar-refractivity contribution is 0.0342. The van der Waals surface area contributed by atoms with E-state index in [1.165, 1.54) is 11.1 Å². The molecule has 33 heavy (non-hydrogen) atoms. The molecule has 3 heterocycles. The molecule has 0 atom stereocenters. The number of hydrogen-bond acceptors (Lipinski definition) is 5. The van der Waals surface area contributed by atoms with E-state index in [9.17, 15) is 4.79 Å². The average molecular weight is 446 g/mol. The summed E-state index contributed by atoms with van der Waals surface area (Å²) in [6, 6.07) is 11.7. The van der Waals surface area contributed by atoms with Gasteiger partial charge in [-0.3, -0.25) is 10.00 Å². The highest BCUT2D eigenvalue weighted by molar-refractivity contribution is 6.01. The number of amides is 2. The first-order valence-corrected chi connectivity index (χ1v) is 11.0. The summed E-state index contributed by atoms with van der Waals surface area (Å²) in [5.41, 5.74) is 7.12. The summed E-state index contributed by atoms with van der Waals surface area (Å²) in [4.78, 5) is 23.0. The summed E-state index contributed by atoms with van der Waals surface area (Å²) >= 11 is 0. The molecule has 0 saturated carbocycles. The third-order valence-corrected chi connectivity index (χ3v) is 5.93. The van der Waals surface area contributed by atoms with Gasteiger partial charge in [0.2, 0.25) is 0 Å². The third kappa shape index (κ3) is 4.74. The van der Waals surface area contributed by atoms with Crippen molar-refractivity contribution < 1.29 is 9.53 Å². The minimum Gasteiger partial charge on any atom is -0.379 e. The number of aromatic amines is 2. The molecule has 170 valence electrons. The Kier molecular flexibility index (Phi) is 5.80. The van der Waals surface area contributed by atoms with Crippen LogP contribution in [0.15, 0.2) is 42.6 Å². The Bertz CT molecular complexity index is 1290. The number of fused-ring (bicyclic) bond motifs is 1. The highest BCUT2D eigenvalue weighted by Gasteiger charge is 2.16. The van der Waals surface area contributed by atoms with Crippen LogP contribution >= 0.6 is 0 Å². The molecule has 0 bridgehead atoms. The number of benzene rings is 2. The molecule has 1 aliphatic heterocycles. The van der Waals surface area contributed by atoms with E-state index < -0.39 is 0 Å². The fourth-order valence-electron chi connectivity index (χ4n) is 3.95. The first-order chi connectivity index (χ1) is 16.0. The van der Waals surface area contributed by atoms with E-state index in [0.29, 0.717) is 17.2 Å². The SMILES string of the molecule is Cc1ccc(NC(=O)Nc2c[nH]nc2-c2nc3cc(CN4CCOCC4)ccc3[nH]2)cc1C. The van der Waals surface area contributed by atoms with Crippen LogP contribution in [0.1, 0.15) is 16.7 Å². The number of carbonyl (C=O) groups is 1. The van der Waals surface area contributed by atoms with Gasteiger partial charge in [-0.2, -0.15) is 5.10 Å². The standard InChI is InChI=1S/C24H27N7O2/c1-15-3-5-18(11-16(15)2)26-24(32)29-21-13-25-30-22(21)23-27-19-6-4-17(12-20(19)28-23)14-31-7-9-33-10-8-31/h3-6,11-13H,7-10,14H2,1-2H3,(H,25,30)(H,27,28)(H2,26,29,32). The van der Waals surface area contributed by atoms with Crippen LogP contribution in [0, 0.1) is 13.8 Å². The van der Waals surface area contributed by atoms with Gasteiger partial charge in [-0.05, 0) is 54.8 Å². The van der Waals surface area contributed by atoms with E-state index in [4.69, 9.17) is 9.72 Å². The number of imidazole rings is 1. The molecule has 4 aromatic rings. The van der Waals surface area contributed by atoms with Gasteiger partial charge in [-0.25, -0.2) is 9.78 Å². The van der Waals surface area contributed by atoms with Gasteiger partial charge in [0.1, 0.15) is 0 Å². The predicted molar refractivity (Wildman–Crippen MR) is 128 cm³/mol. The van der Waals surface area contributed by atoms with Crippen LogP contribution in [0.4, 0.5) is 16.2 Å². The molecule has 0 spiro atoms. The first kappa shape index (κ1) is 21.2. The summed E-state index contributed by atoms with van der Waals surface area (Å²) < 4.78 is 5.43. The summed E-state index contributed by atoms with van der Waals surface area (Å²) in [5, 5.41) is 12.8. The van der Waals surface area contributed by atoms with Crippen LogP contribution in [-0.2, 0) is 11.3 Å². The van der Waals surface area contributed by atoms with Crippen molar-refractivity contribution in [2.45, 2.75) is 20.4 Å². The summed E-state index contributed by atoms with van der Waals surface area (Å²) in [5.74, 6) is 0.594. The Balaban J connectivity index is 1.31. The monoisotopic (exact) mass is 445 g/mol. The van der Waals surface area contributed by atoms with Crippen molar-refractivity contribution in [1.82, 2.24) is 25.1 Å². The topological polar surface area (TPSA) is 111 Å². The minimum absolute atomic E-state index is 0.343. The van der Waals surface area contributed by atoms with Crippen molar-refractivity contribution in [3.8, 4) is 11.5 Å². The van der Waals surface area contributed by atoms with Crippen molar-refractivity contribution in [2.75, 3.05) is 36.9 Å². The number of ether oxygens (including phenoxy) is 1. The zero-order valence-electron chi connectivity index (χ0n) is 18.7. The number of carbonyl (C=O) groups excluding carboxylic acids is 1. The lowest BCUT2D eigenvalue weighted by Gasteiger charge is -2.26. The highest BCUT2D eigenvalue weighted by Crippen LogP contribution is 2.26. The van der Waals surface area contributed by atoms with Crippen molar-refractivity contribution in [3.63, 3.8) is 0 Å². The number of urea groups is 1. The van der Waals surface area contributed by atoms with Gasteiger partial charge >= 0.3 is 6.03 Å². The number of aromatic nitrogens is 4. The molecular weight excluding hydrogens is 418 g/mol.